The zero-order valence-corrected chi connectivity index (χ0v) is 77.8. The molecule has 6 saturated heterocycles. The smallest absolute Gasteiger partial charge is 0.351 e. The van der Waals surface area contributed by atoms with Gasteiger partial charge in [-0.3, -0.25) is 37.2 Å². The second kappa shape index (κ2) is 39.0. The van der Waals surface area contributed by atoms with Crippen molar-refractivity contribution in [1.82, 2.24) is 67.3 Å². The summed E-state index contributed by atoms with van der Waals surface area (Å²) in [5.41, 5.74) is 29.1. The number of nitrogens with zero attached hydrogens (tertiary/aromatic N) is 13. The first-order valence-electron chi connectivity index (χ1n) is 38.2. The van der Waals surface area contributed by atoms with Crippen LogP contribution in [0.1, 0.15) is 129 Å². The fraction of sp³-hybridized carbons (Fsp3) is 0.609. The van der Waals surface area contributed by atoms with E-state index in [2.05, 4.69) is 39.9 Å². The van der Waals surface area contributed by atoms with Crippen LogP contribution in [0, 0.1) is 12.3 Å². The number of aromatic nitrogens is 14. The maximum atomic E-state index is 13.6. The highest BCUT2D eigenvalue weighted by molar-refractivity contribution is 8.08. The van der Waals surface area contributed by atoms with Crippen molar-refractivity contribution in [2.24, 2.45) is 5.41 Å². The zero-order valence-electron chi connectivity index (χ0n) is 67.5. The molecule has 694 valence electrons. The molecule has 0 aliphatic carbocycles. The van der Waals surface area contributed by atoms with Crippen LogP contribution in [0.5, 0.6) is 0 Å². The molecule has 6 fully saturated rings. The van der Waals surface area contributed by atoms with Gasteiger partial charge >= 0.3 is 68.8 Å². The lowest BCUT2D eigenvalue weighted by Crippen LogP contribution is -2.32. The molecule has 126 heavy (non-hydrogen) atoms. The highest BCUT2D eigenvalue weighted by Crippen LogP contribution is 2.58. The first kappa shape index (κ1) is 98.0. The van der Waals surface area contributed by atoms with Gasteiger partial charge in [0, 0.05) is 75.1 Å². The van der Waals surface area contributed by atoms with Crippen molar-refractivity contribution >= 4 is 157 Å². The molecular weight excluding hydrogens is 1910 g/mol. The van der Waals surface area contributed by atoms with Crippen LogP contribution in [0.4, 0.5) is 35.0 Å². The fourth-order valence-corrected chi connectivity index (χ4v) is 24.0. The Kier molecular flexibility index (Phi) is 30.3. The monoisotopic (exact) mass is 2000 g/mol. The number of H-pyrrole nitrogens is 1. The van der Waals surface area contributed by atoms with Crippen LogP contribution in [0.15, 0.2) is 90.3 Å². The number of anilines is 6. The number of aryl methyl sites for hydroxylation is 1. The Labute approximate surface area is 744 Å². The number of rotatable bonds is 35. The minimum atomic E-state index is -4.69. The first-order chi connectivity index (χ1) is 58.8. The van der Waals surface area contributed by atoms with E-state index in [1.165, 1.54) is 70.7 Å². The van der Waals surface area contributed by atoms with Gasteiger partial charge in [-0.1, -0.05) is 20.8 Å². The first-order valence-corrected chi connectivity index (χ1v) is 53.7. The molecule has 0 saturated carbocycles. The van der Waals surface area contributed by atoms with E-state index in [4.69, 9.17) is 188 Å². The van der Waals surface area contributed by atoms with Crippen LogP contribution >= 0.6 is 40.3 Å². The quantitative estimate of drug-likeness (QED) is 0.0252. The molecule has 6 aliphatic rings. The molecule has 62 heteroatoms. The summed E-state index contributed by atoms with van der Waals surface area (Å²) in [6, 6.07) is 5.38. The standard InChI is InChI=1S/C64H92N20O30P6S6/c1-30-23-83(62(90)76-54(30)69)51-20-34(111-118(94,124)100-27-41-35(21-52(107-41)84-29-71-53-55(84)77-57(70)78-56(53)85)112-119(95,125)101-28-42-36(113-120(96,126)114-64(5,6)7)19-50(105-42)82-15-11-46(68)75-61(82)89)40(106-51)26-99-117(93,123)110-33-18-49(81-14-10-45(67)74-60(81)88)104-39(33)25-98-116(92,122)109-32-17-48(80-13-9-44(66)73-59(80)87)103-38(32)24-97-115(91,121)108-31-16-47(102-37(31)22-63(2,3)4)79-12-8-43(65)72-58(79)86/h8-15,23,29,31-42,47-52H,16-22,24-28H2,1-7H3,(H,91,121)(H,92,122)(H,93,123)(H,94,124)(H,95,125)(H,96,126)(H2,65,72,86)(H2,66,73,87)(H2,67,74,88)(H2,68,75,89)(H2,69,76,90)(H3,70,77,78,85)/t31?,32?,33?,34?,35?,36?,37-,38-,39-,40-,41-,42-,47-,48-,49-,50-,51-,52-,115?,116?,117?,118?,119?,120?/m1/s1. The number of nitrogens with two attached hydrogens (primary N) is 6. The summed E-state index contributed by atoms with van der Waals surface area (Å²) in [7, 11) is 0. The average Bonchev–Trinajstić information content (AvgIpc) is 1.66. The Balaban J connectivity index is 0.703. The topological polar surface area (TPSA) is 682 Å². The SMILES string of the molecule is Cc1cn([C@H]2CC(OP(O)(=S)OC[C@H]3O[C@@H](n4cnc5c(=O)[nH]c(N)nc54)CC3OP(O)(=S)OC[C@H]3O[C@@H](n4ccc(N)nc4=O)CC3OP(O)(=S)OC(C)(C)C)[C@@H](COP(O)(=S)OC3C[C@H](n4ccc(N)nc4=O)O[C@@H]3COP(O)(=S)OC3C[C@H](n4ccc(N)nc4=O)O[C@@H]3COP(O)(=S)OC3C[C@H](n4ccc(N)nc4=O)O[C@@H]3CC(C)(C)C)O2)c(=O)nc1N. The van der Waals surface area contributed by atoms with Gasteiger partial charge in [0.05, 0.1) is 87.7 Å². The highest BCUT2D eigenvalue weighted by Gasteiger charge is 2.51. The predicted octanol–water partition coefficient (Wildman–Crippen LogP) is 1.88. The number of nitrogen functional groups attached to an aromatic ring is 6. The number of nitrogens with one attached hydrogen (secondary N) is 1. The molecule has 0 amide bonds. The lowest BCUT2D eigenvalue weighted by atomic mass is 9.87. The van der Waals surface area contributed by atoms with Crippen molar-refractivity contribution in [3.05, 3.63) is 130 Å². The maximum absolute atomic E-state index is 13.6. The van der Waals surface area contributed by atoms with Gasteiger partial charge in [0.15, 0.2) is 11.2 Å². The summed E-state index contributed by atoms with van der Waals surface area (Å²) in [5.74, 6) is -0.757. The van der Waals surface area contributed by atoms with Gasteiger partial charge < -0.3 is 146 Å². The minimum Gasteiger partial charge on any atom is -0.383 e. The highest BCUT2D eigenvalue weighted by atomic mass is 32.5. The van der Waals surface area contributed by atoms with E-state index in [-0.39, 0.29) is 90.1 Å². The lowest BCUT2D eigenvalue weighted by Gasteiger charge is -2.29. The molecule has 6 aliphatic heterocycles. The molecule has 0 aromatic carbocycles. The molecule has 7 aromatic heterocycles. The third-order valence-corrected chi connectivity index (χ3v) is 29.5. The van der Waals surface area contributed by atoms with Gasteiger partial charge in [-0.05, 0) is 135 Å². The van der Waals surface area contributed by atoms with Crippen molar-refractivity contribution in [3.8, 4) is 0 Å². The second-order valence-electron chi connectivity index (χ2n) is 31.8. The molecule has 0 bridgehead atoms. The van der Waals surface area contributed by atoms with Gasteiger partial charge in [0.25, 0.3) is 5.56 Å². The van der Waals surface area contributed by atoms with E-state index >= 15 is 0 Å². The van der Waals surface area contributed by atoms with Crippen molar-refractivity contribution < 1.29 is 112 Å². The molecule has 13 rings (SSSR count). The largest absolute Gasteiger partial charge is 0.383 e. The summed E-state index contributed by atoms with van der Waals surface area (Å²) >= 11 is 33.4. The Morgan fingerprint density at radius 2 is 0.690 bits per heavy atom. The normalized spacial score (nSPS) is 29.5. The van der Waals surface area contributed by atoms with Gasteiger partial charge in [-0.2, -0.15) is 29.9 Å². The van der Waals surface area contributed by atoms with Gasteiger partial charge in [0.2, 0.25) is 5.95 Å². The molecule has 50 nitrogen and oxygen atoms in total. The van der Waals surface area contributed by atoms with E-state index in [0.29, 0.717) is 12.0 Å². The van der Waals surface area contributed by atoms with Crippen LogP contribution in [0.2, 0.25) is 0 Å². The van der Waals surface area contributed by atoms with Crippen molar-refractivity contribution in [2.75, 3.05) is 67.4 Å². The maximum Gasteiger partial charge on any atom is 0.351 e. The van der Waals surface area contributed by atoms with E-state index < -0.39 is 224 Å². The number of ether oxygens (including phenoxy) is 6. The third kappa shape index (κ3) is 25.3. The van der Waals surface area contributed by atoms with E-state index in [0.717, 1.165) is 18.3 Å². The fourth-order valence-electron chi connectivity index (χ4n) is 14.3. The van der Waals surface area contributed by atoms with Crippen molar-refractivity contribution in [2.45, 2.75) is 210 Å². The van der Waals surface area contributed by atoms with Crippen molar-refractivity contribution in [1.29, 1.82) is 0 Å². The summed E-state index contributed by atoms with van der Waals surface area (Å²) < 4.78 is 117. The number of hydrogen-bond acceptors (Lipinski definition) is 43. The van der Waals surface area contributed by atoms with E-state index in [1.54, 1.807) is 27.7 Å². The molecule has 13 heterocycles. The molecule has 7 aromatic rings. The Morgan fingerprint density at radius 1 is 0.413 bits per heavy atom. The molecule has 0 radical (unpaired) electrons. The summed E-state index contributed by atoms with van der Waals surface area (Å²) in [6.07, 6.45) is -15.5. The lowest BCUT2D eigenvalue weighted by molar-refractivity contribution is -0.0576. The molecular formula is C64H92N20O30P6S6. The van der Waals surface area contributed by atoms with Gasteiger partial charge in [0.1, 0.15) is 97.0 Å². The van der Waals surface area contributed by atoms with Crippen LogP contribution in [-0.4, -0.2) is 209 Å². The van der Waals surface area contributed by atoms with Crippen molar-refractivity contribution in [3.63, 3.8) is 0 Å². The third-order valence-electron chi connectivity index (χ3n) is 19.8. The zero-order chi connectivity index (χ0) is 91.5. The molecule has 12 unspecified atom stereocenters. The summed E-state index contributed by atoms with van der Waals surface area (Å²) in [4.78, 5) is 180. The summed E-state index contributed by atoms with van der Waals surface area (Å²) in [5, 5.41) is 0. The number of imidazole rings is 1. The Morgan fingerprint density at radius 3 is 0.992 bits per heavy atom. The average molecular weight is 2000 g/mol. The van der Waals surface area contributed by atoms with Crippen LogP contribution < -0.4 is 68.4 Å². The molecule has 0 spiro atoms. The van der Waals surface area contributed by atoms with Crippen LogP contribution in [0.3, 0.4) is 0 Å². The minimum absolute atomic E-state index is 0.0123. The van der Waals surface area contributed by atoms with Gasteiger partial charge in [-0.15, -0.1) is 0 Å². The number of hydrogen-bond donors (Lipinski definition) is 13. The van der Waals surface area contributed by atoms with Crippen LogP contribution in [-0.2, 0) is 154 Å². The number of fused-ring (bicyclic) bond motifs is 1. The van der Waals surface area contributed by atoms with E-state index in [1.807, 2.05) is 20.8 Å². The molecule has 24 atom stereocenters. The summed E-state index contributed by atoms with van der Waals surface area (Å²) in [6.45, 7) is -18.1. The van der Waals surface area contributed by atoms with Crippen LogP contribution in [0.25, 0.3) is 11.2 Å². The van der Waals surface area contributed by atoms with E-state index in [9.17, 15) is 58.1 Å². The predicted molar refractivity (Wildman–Crippen MR) is 466 cm³/mol. The second-order valence-corrected chi connectivity index (χ2v) is 48.4. The Bertz CT molecular complexity index is 5890. The number of aromatic amines is 1. The molecule has 19 N–H and O–H groups in total. The Hall–Kier alpha value is -5.51. The van der Waals surface area contributed by atoms with Gasteiger partial charge in [-0.25, -0.2) is 29.0 Å².